The molecule has 0 spiro atoms. The molecule has 0 unspecified atom stereocenters. The zero-order valence-electron chi connectivity index (χ0n) is 17.5. The van der Waals surface area contributed by atoms with Crippen LogP contribution in [0.4, 0.5) is 0 Å². The molecule has 35 heavy (non-hydrogen) atoms. The molecule has 0 radical (unpaired) electrons. The number of allylic oxidation sites excluding steroid dienone is 1. The fourth-order valence-corrected chi connectivity index (χ4v) is 5.34. The van der Waals surface area contributed by atoms with Gasteiger partial charge in [0.25, 0.3) is 10.0 Å². The third-order valence-electron chi connectivity index (χ3n) is 4.99. The van der Waals surface area contributed by atoms with E-state index in [0.29, 0.717) is 16.2 Å². The summed E-state index contributed by atoms with van der Waals surface area (Å²) in [5.74, 6) is 0. The SMILES string of the molecule is C.C.C.CC1=Cc2c(Cl)ncnc2C1.Cc1ccc(S(=O)(=O)n2c(C)cc3c(Cl)ncnc32)cc1. The molecular weight excluding hydrogens is 505 g/mol. The molecule has 0 amide bonds. The van der Waals surface area contributed by atoms with Gasteiger partial charge in [-0.05, 0) is 39.0 Å². The number of nitrogens with zero attached hydrogens (tertiary/aromatic N) is 5. The first-order valence-corrected chi connectivity index (χ1v) is 11.9. The lowest BCUT2D eigenvalue weighted by Crippen LogP contribution is -2.14. The highest BCUT2D eigenvalue weighted by molar-refractivity contribution is 7.90. The van der Waals surface area contributed by atoms with E-state index in [1.807, 2.05) is 13.0 Å². The number of aryl methyl sites for hydroxylation is 2. The van der Waals surface area contributed by atoms with Crippen molar-refractivity contribution < 1.29 is 8.42 Å². The molecule has 5 rings (SSSR count). The zero-order chi connectivity index (χ0) is 23.0. The molecule has 1 aromatic carbocycles. The van der Waals surface area contributed by atoms with Crippen LogP contribution in [-0.2, 0) is 16.4 Å². The number of aromatic nitrogens is 5. The van der Waals surface area contributed by atoms with Crippen molar-refractivity contribution in [3.05, 3.63) is 81.4 Å². The molecule has 0 N–H and O–H groups in total. The summed E-state index contributed by atoms with van der Waals surface area (Å²) < 4.78 is 26.8. The Hall–Kier alpha value is -2.81. The van der Waals surface area contributed by atoms with Gasteiger partial charge in [-0.25, -0.2) is 32.3 Å². The lowest BCUT2D eigenvalue weighted by Gasteiger charge is -2.09. The molecule has 0 bridgehead atoms. The zero-order valence-corrected chi connectivity index (χ0v) is 19.9. The van der Waals surface area contributed by atoms with E-state index in [9.17, 15) is 8.42 Å². The van der Waals surface area contributed by atoms with Crippen LogP contribution in [0.25, 0.3) is 17.1 Å². The van der Waals surface area contributed by atoms with Crippen molar-refractivity contribution in [2.45, 2.75) is 54.4 Å². The molecule has 188 valence electrons. The smallest absolute Gasteiger partial charge is 0.240 e. The second kappa shape index (κ2) is 11.7. The van der Waals surface area contributed by atoms with Crippen molar-refractivity contribution in [1.29, 1.82) is 0 Å². The lowest BCUT2D eigenvalue weighted by atomic mass is 10.2. The van der Waals surface area contributed by atoms with E-state index in [4.69, 9.17) is 23.2 Å². The summed E-state index contributed by atoms with van der Waals surface area (Å²) in [4.78, 5) is 16.2. The van der Waals surface area contributed by atoms with Crippen molar-refractivity contribution in [3.8, 4) is 0 Å². The minimum absolute atomic E-state index is 0. The predicted octanol–water partition coefficient (Wildman–Crippen LogP) is 6.94. The maximum absolute atomic E-state index is 12.8. The molecule has 1 aliphatic carbocycles. The monoisotopic (exact) mass is 535 g/mol. The Bertz CT molecular complexity index is 1460. The largest absolute Gasteiger partial charge is 0.269 e. The van der Waals surface area contributed by atoms with Gasteiger partial charge in [0.1, 0.15) is 23.0 Å². The Kier molecular flexibility index (Phi) is 10.1. The Labute approximate surface area is 218 Å². The van der Waals surface area contributed by atoms with Gasteiger partial charge in [0.15, 0.2) is 5.65 Å². The summed E-state index contributed by atoms with van der Waals surface area (Å²) in [5, 5.41) is 1.32. The van der Waals surface area contributed by atoms with Gasteiger partial charge in [-0.2, -0.15) is 0 Å². The fraction of sp³-hybridized carbons (Fsp3) is 0.280. The van der Waals surface area contributed by atoms with Crippen LogP contribution >= 0.6 is 23.2 Å². The number of rotatable bonds is 2. The Morgan fingerprint density at radius 1 is 0.857 bits per heavy atom. The van der Waals surface area contributed by atoms with Crippen LogP contribution in [-0.4, -0.2) is 32.3 Å². The molecule has 10 heteroatoms. The first-order valence-electron chi connectivity index (χ1n) is 9.66. The standard InChI is InChI=1S/C14H12ClN3O2S.C8H7ClN2.3CH4/c1-9-3-5-11(6-4-9)21(19,20)18-10(2)7-12-13(15)16-8-17-14(12)18;1-5-2-6-7(3-5)10-4-11-8(6)9;;;/h3-8H,1-2H3;2,4H,3H2,1H3;3*1H4. The van der Waals surface area contributed by atoms with Crippen LogP contribution in [0.2, 0.25) is 10.3 Å². The van der Waals surface area contributed by atoms with Gasteiger partial charge in [0.05, 0.1) is 16.0 Å². The van der Waals surface area contributed by atoms with Crippen LogP contribution in [0.3, 0.4) is 0 Å². The van der Waals surface area contributed by atoms with Gasteiger partial charge >= 0.3 is 0 Å². The summed E-state index contributed by atoms with van der Waals surface area (Å²) in [6, 6.07) is 8.35. The van der Waals surface area contributed by atoms with Gasteiger partial charge in [-0.3, -0.25) is 0 Å². The molecule has 0 atom stereocenters. The molecule has 7 nitrogen and oxygen atoms in total. The number of hydrogen-bond donors (Lipinski definition) is 0. The third-order valence-corrected chi connectivity index (χ3v) is 7.41. The summed E-state index contributed by atoms with van der Waals surface area (Å²) in [6.07, 6.45) is 5.72. The van der Waals surface area contributed by atoms with Gasteiger partial charge in [0.2, 0.25) is 0 Å². The van der Waals surface area contributed by atoms with E-state index in [1.54, 1.807) is 37.3 Å². The average Bonchev–Trinajstić information content (AvgIpc) is 3.29. The Morgan fingerprint density at radius 2 is 1.46 bits per heavy atom. The minimum atomic E-state index is -3.72. The van der Waals surface area contributed by atoms with Crippen LogP contribution in [0, 0.1) is 13.8 Å². The van der Waals surface area contributed by atoms with Crippen molar-refractivity contribution in [2.75, 3.05) is 0 Å². The van der Waals surface area contributed by atoms with Gasteiger partial charge < -0.3 is 0 Å². The van der Waals surface area contributed by atoms with Crippen LogP contribution in [0.1, 0.15) is 51.7 Å². The molecule has 0 saturated carbocycles. The van der Waals surface area contributed by atoms with E-state index in [2.05, 4.69) is 26.9 Å². The van der Waals surface area contributed by atoms with Crippen LogP contribution < -0.4 is 0 Å². The molecule has 4 aromatic rings. The third kappa shape index (κ3) is 5.89. The highest BCUT2D eigenvalue weighted by atomic mass is 35.5. The molecular formula is C25H31Cl2N5O2S. The van der Waals surface area contributed by atoms with Gasteiger partial charge in [-0.15, -0.1) is 0 Å². The summed E-state index contributed by atoms with van der Waals surface area (Å²) in [5.41, 5.74) is 5.14. The van der Waals surface area contributed by atoms with Gasteiger partial charge in [0, 0.05) is 17.7 Å². The van der Waals surface area contributed by atoms with E-state index in [0.717, 1.165) is 23.2 Å². The maximum Gasteiger partial charge on any atom is 0.269 e. The molecule has 0 fully saturated rings. The topological polar surface area (TPSA) is 90.6 Å². The van der Waals surface area contributed by atoms with E-state index in [-0.39, 0.29) is 38.0 Å². The predicted molar refractivity (Wildman–Crippen MR) is 146 cm³/mol. The number of fused-ring (bicyclic) bond motifs is 2. The molecule has 0 aliphatic heterocycles. The minimum Gasteiger partial charge on any atom is -0.240 e. The highest BCUT2D eigenvalue weighted by Gasteiger charge is 2.23. The highest BCUT2D eigenvalue weighted by Crippen LogP contribution is 2.28. The van der Waals surface area contributed by atoms with E-state index < -0.39 is 10.0 Å². The lowest BCUT2D eigenvalue weighted by molar-refractivity contribution is 0.587. The summed E-state index contributed by atoms with van der Waals surface area (Å²) in [6.45, 7) is 5.67. The number of hydrogen-bond acceptors (Lipinski definition) is 6. The average molecular weight is 537 g/mol. The molecule has 3 aromatic heterocycles. The van der Waals surface area contributed by atoms with E-state index >= 15 is 0 Å². The van der Waals surface area contributed by atoms with Crippen molar-refractivity contribution in [1.82, 2.24) is 23.9 Å². The second-order valence-electron chi connectivity index (χ2n) is 7.46. The summed E-state index contributed by atoms with van der Waals surface area (Å²) >= 11 is 11.8. The fourth-order valence-electron chi connectivity index (χ4n) is 3.46. The number of halogens is 2. The maximum atomic E-state index is 12.8. The van der Waals surface area contributed by atoms with Crippen molar-refractivity contribution >= 4 is 50.3 Å². The van der Waals surface area contributed by atoms with E-state index in [1.165, 1.54) is 22.2 Å². The summed E-state index contributed by atoms with van der Waals surface area (Å²) in [7, 11) is -3.72. The molecule has 0 saturated heterocycles. The van der Waals surface area contributed by atoms with Crippen molar-refractivity contribution in [3.63, 3.8) is 0 Å². The normalized spacial score (nSPS) is 11.7. The molecule has 1 aliphatic rings. The number of benzene rings is 1. The Morgan fingerprint density at radius 3 is 2.09 bits per heavy atom. The van der Waals surface area contributed by atoms with Crippen LogP contribution in [0.15, 0.2) is 53.5 Å². The quantitative estimate of drug-likeness (QED) is 0.258. The first kappa shape index (κ1) is 30.2. The Balaban J connectivity index is 0.000000375. The molecule has 3 heterocycles. The van der Waals surface area contributed by atoms with Crippen LogP contribution in [0.5, 0.6) is 0 Å². The van der Waals surface area contributed by atoms with Gasteiger partial charge in [-0.1, -0.05) is 74.8 Å². The first-order chi connectivity index (χ1) is 15.2. The second-order valence-corrected chi connectivity index (χ2v) is 9.97. The van der Waals surface area contributed by atoms with Crippen molar-refractivity contribution in [2.24, 2.45) is 0 Å².